The molecule has 0 heterocycles. The minimum Gasteiger partial charge on any atom is -0.481 e. The van der Waals surface area contributed by atoms with Crippen molar-refractivity contribution in [1.82, 2.24) is 0 Å². The number of carbonyl (C=O) groups is 1. The van der Waals surface area contributed by atoms with E-state index >= 15 is 0 Å². The highest BCUT2D eigenvalue weighted by molar-refractivity contribution is 5.71. The molecule has 2 unspecified atom stereocenters. The van der Waals surface area contributed by atoms with E-state index in [4.69, 9.17) is 5.11 Å². The number of hydrogen-bond donors (Lipinski definition) is 1. The van der Waals surface area contributed by atoms with Crippen LogP contribution in [0.1, 0.15) is 12.8 Å². The Morgan fingerprint density at radius 2 is 2.40 bits per heavy atom. The Bertz CT molecular complexity index is 161. The van der Waals surface area contributed by atoms with Crippen molar-refractivity contribution < 1.29 is 9.90 Å². The van der Waals surface area contributed by atoms with Crippen molar-refractivity contribution in [3.05, 3.63) is 19.1 Å². The van der Waals surface area contributed by atoms with Gasteiger partial charge in [-0.15, -0.1) is 0 Å². The fourth-order valence-corrected chi connectivity index (χ4v) is 1.20. The minimum absolute atomic E-state index is 0.0359. The van der Waals surface area contributed by atoms with Crippen LogP contribution in [0.15, 0.2) is 12.2 Å². The van der Waals surface area contributed by atoms with Crippen molar-refractivity contribution in [3.63, 3.8) is 0 Å². The van der Waals surface area contributed by atoms with Gasteiger partial charge in [-0.3, -0.25) is 4.79 Å². The molecule has 2 atom stereocenters. The lowest BCUT2D eigenvalue weighted by molar-refractivity contribution is -0.142. The van der Waals surface area contributed by atoms with Crippen LogP contribution in [0.25, 0.3) is 0 Å². The van der Waals surface area contributed by atoms with Crippen LogP contribution in [0.2, 0.25) is 0 Å². The van der Waals surface area contributed by atoms with Crippen LogP contribution in [-0.2, 0) is 4.79 Å². The van der Waals surface area contributed by atoms with Gasteiger partial charge in [0, 0.05) is 0 Å². The highest BCUT2D eigenvalue weighted by atomic mass is 16.4. The molecule has 0 saturated heterocycles. The van der Waals surface area contributed by atoms with Gasteiger partial charge in [-0.2, -0.15) is 0 Å². The van der Waals surface area contributed by atoms with Gasteiger partial charge < -0.3 is 5.11 Å². The summed E-state index contributed by atoms with van der Waals surface area (Å²) in [5, 5.41) is 8.63. The summed E-state index contributed by atoms with van der Waals surface area (Å²) in [4.78, 5) is 10.5. The highest BCUT2D eigenvalue weighted by Crippen LogP contribution is 2.23. The molecule has 0 aromatic rings. The monoisotopic (exact) mass is 139 g/mol. The van der Waals surface area contributed by atoms with Gasteiger partial charge in [-0.05, 0) is 25.7 Å². The molecule has 0 aromatic carbocycles. The van der Waals surface area contributed by atoms with Crippen LogP contribution in [0, 0.1) is 18.8 Å². The van der Waals surface area contributed by atoms with Gasteiger partial charge in [0.25, 0.3) is 0 Å². The number of hydrogen-bond acceptors (Lipinski definition) is 1. The molecular formula is C8H11O2. The van der Waals surface area contributed by atoms with Crippen LogP contribution in [0.5, 0.6) is 0 Å². The Labute approximate surface area is 60.6 Å². The van der Waals surface area contributed by atoms with Crippen molar-refractivity contribution in [2.24, 2.45) is 11.8 Å². The fraction of sp³-hybridized carbons (Fsp3) is 0.500. The van der Waals surface area contributed by atoms with E-state index in [-0.39, 0.29) is 11.8 Å². The number of carboxylic acid groups (broad SMARTS) is 1. The molecule has 1 rings (SSSR count). The van der Waals surface area contributed by atoms with Gasteiger partial charge in [-0.25, -0.2) is 0 Å². The Balaban J connectivity index is 2.60. The van der Waals surface area contributed by atoms with Gasteiger partial charge in [-0.1, -0.05) is 12.2 Å². The zero-order valence-electron chi connectivity index (χ0n) is 5.79. The predicted octanol–water partition coefficient (Wildman–Crippen LogP) is 1.49. The lowest BCUT2D eigenvalue weighted by Gasteiger charge is -2.19. The van der Waals surface area contributed by atoms with E-state index in [1.807, 2.05) is 12.2 Å². The normalized spacial score (nSPS) is 32.1. The largest absolute Gasteiger partial charge is 0.481 e. The van der Waals surface area contributed by atoms with Crippen LogP contribution >= 0.6 is 0 Å². The summed E-state index contributed by atoms with van der Waals surface area (Å²) in [5.74, 6) is -1.01. The third kappa shape index (κ3) is 1.38. The number of rotatable bonds is 1. The summed E-state index contributed by atoms with van der Waals surface area (Å²) < 4.78 is 0. The van der Waals surface area contributed by atoms with E-state index in [2.05, 4.69) is 6.92 Å². The predicted molar refractivity (Wildman–Crippen MR) is 38.3 cm³/mol. The fourth-order valence-electron chi connectivity index (χ4n) is 1.20. The Hall–Kier alpha value is -0.790. The zero-order chi connectivity index (χ0) is 7.56. The summed E-state index contributed by atoms with van der Waals surface area (Å²) in [6, 6.07) is 0. The maximum Gasteiger partial charge on any atom is 0.307 e. The van der Waals surface area contributed by atoms with Crippen molar-refractivity contribution in [1.29, 1.82) is 0 Å². The van der Waals surface area contributed by atoms with Crippen LogP contribution in [0.3, 0.4) is 0 Å². The molecule has 2 nitrogen and oxygen atoms in total. The summed E-state index contributed by atoms with van der Waals surface area (Å²) in [6.45, 7) is 3.73. The molecule has 55 valence electrons. The standard InChI is InChI=1S/C8H11O2/c1-6-4-2-3-5-7(6)8(9)10/h2,4,6-7H,1,3,5H2,(H,9,10). The highest BCUT2D eigenvalue weighted by Gasteiger charge is 2.23. The summed E-state index contributed by atoms with van der Waals surface area (Å²) in [6.07, 6.45) is 5.49. The molecule has 1 radical (unpaired) electrons. The smallest absolute Gasteiger partial charge is 0.307 e. The Kier molecular flexibility index (Phi) is 2.10. The van der Waals surface area contributed by atoms with Crippen LogP contribution in [-0.4, -0.2) is 11.1 Å². The third-order valence-corrected chi connectivity index (χ3v) is 1.86. The first-order chi connectivity index (χ1) is 4.72. The van der Waals surface area contributed by atoms with Gasteiger partial charge in [0.15, 0.2) is 0 Å². The van der Waals surface area contributed by atoms with E-state index in [1.54, 1.807) is 0 Å². The van der Waals surface area contributed by atoms with Crippen LogP contribution < -0.4 is 0 Å². The molecule has 0 spiro atoms. The molecule has 0 aromatic heterocycles. The van der Waals surface area contributed by atoms with E-state index in [0.29, 0.717) is 0 Å². The van der Waals surface area contributed by atoms with E-state index < -0.39 is 5.97 Å². The molecular weight excluding hydrogens is 128 g/mol. The van der Waals surface area contributed by atoms with Gasteiger partial charge in [0.05, 0.1) is 5.92 Å². The maximum atomic E-state index is 10.5. The van der Waals surface area contributed by atoms with E-state index in [0.717, 1.165) is 12.8 Å². The Morgan fingerprint density at radius 3 is 2.80 bits per heavy atom. The number of allylic oxidation sites excluding steroid dienone is 2. The Morgan fingerprint density at radius 1 is 1.70 bits per heavy atom. The zero-order valence-corrected chi connectivity index (χ0v) is 5.79. The average molecular weight is 139 g/mol. The first kappa shape index (κ1) is 7.32. The lowest BCUT2D eigenvalue weighted by atomic mass is 9.85. The minimum atomic E-state index is -0.718. The topological polar surface area (TPSA) is 37.3 Å². The first-order valence-electron chi connectivity index (χ1n) is 3.44. The van der Waals surface area contributed by atoms with E-state index in [9.17, 15) is 4.79 Å². The molecule has 0 fully saturated rings. The average Bonchev–Trinajstić information content (AvgIpc) is 1.88. The van der Waals surface area contributed by atoms with Crippen LogP contribution in [0.4, 0.5) is 0 Å². The molecule has 0 amide bonds. The second-order valence-electron chi connectivity index (χ2n) is 2.61. The number of aliphatic carboxylic acids is 1. The number of carboxylic acids is 1. The molecule has 0 saturated carbocycles. The molecule has 2 heteroatoms. The summed E-state index contributed by atoms with van der Waals surface area (Å²) in [7, 11) is 0. The quantitative estimate of drug-likeness (QED) is 0.559. The summed E-state index contributed by atoms with van der Waals surface area (Å²) in [5.41, 5.74) is 0. The first-order valence-corrected chi connectivity index (χ1v) is 3.44. The van der Waals surface area contributed by atoms with Gasteiger partial charge in [0.2, 0.25) is 0 Å². The second kappa shape index (κ2) is 2.86. The molecule has 1 aliphatic rings. The van der Waals surface area contributed by atoms with Crippen molar-refractivity contribution in [2.75, 3.05) is 0 Å². The summed E-state index contributed by atoms with van der Waals surface area (Å²) >= 11 is 0. The maximum absolute atomic E-state index is 10.5. The van der Waals surface area contributed by atoms with Gasteiger partial charge in [0.1, 0.15) is 0 Å². The van der Waals surface area contributed by atoms with Gasteiger partial charge >= 0.3 is 5.97 Å². The SMILES string of the molecule is [CH2]C1C=CCCC1C(=O)O. The van der Waals surface area contributed by atoms with Crippen molar-refractivity contribution in [2.45, 2.75) is 12.8 Å². The van der Waals surface area contributed by atoms with E-state index in [1.165, 1.54) is 0 Å². The molecule has 1 N–H and O–H groups in total. The third-order valence-electron chi connectivity index (χ3n) is 1.86. The van der Waals surface area contributed by atoms with Crippen molar-refractivity contribution in [3.8, 4) is 0 Å². The molecule has 0 bridgehead atoms. The molecule has 0 aliphatic heterocycles. The molecule has 10 heavy (non-hydrogen) atoms. The van der Waals surface area contributed by atoms with Crippen molar-refractivity contribution >= 4 is 5.97 Å². The lowest BCUT2D eigenvalue weighted by Crippen LogP contribution is -2.22. The molecule has 1 aliphatic carbocycles. The second-order valence-corrected chi connectivity index (χ2v) is 2.61.